The lowest BCUT2D eigenvalue weighted by molar-refractivity contribution is 0.102. The first-order valence-electron chi connectivity index (χ1n) is 7.34. The van der Waals surface area contributed by atoms with Crippen LogP contribution in [0.4, 0.5) is 14.5 Å². The van der Waals surface area contributed by atoms with Crippen molar-refractivity contribution in [3.8, 4) is 0 Å². The Morgan fingerprint density at radius 3 is 2.24 bits per heavy atom. The van der Waals surface area contributed by atoms with Crippen molar-refractivity contribution >= 4 is 21.6 Å². The second-order valence-electron chi connectivity index (χ2n) is 5.79. The number of hydrogen-bond donors (Lipinski definition) is 1. The topological polar surface area (TPSA) is 66.5 Å². The largest absolute Gasteiger partial charge is 0.322 e. The van der Waals surface area contributed by atoms with Crippen LogP contribution in [0.1, 0.15) is 21.5 Å². The maximum atomic E-state index is 13.2. The molecule has 1 N–H and O–H groups in total. The minimum absolute atomic E-state index is 0.0212. The highest BCUT2D eigenvalue weighted by Crippen LogP contribution is 2.24. The first-order valence-corrected chi connectivity index (χ1v) is 8.78. The van der Waals surface area contributed by atoms with Crippen molar-refractivity contribution in [2.75, 3.05) is 19.4 Å². The van der Waals surface area contributed by atoms with Gasteiger partial charge in [0.2, 0.25) is 10.0 Å². The van der Waals surface area contributed by atoms with E-state index in [0.29, 0.717) is 11.1 Å². The Hall–Kier alpha value is -2.32. The molecule has 0 heterocycles. The molecular formula is C17H18F2N2O3S. The van der Waals surface area contributed by atoms with Crippen LogP contribution in [0.3, 0.4) is 0 Å². The summed E-state index contributed by atoms with van der Waals surface area (Å²) < 4.78 is 52.1. The van der Waals surface area contributed by atoms with E-state index in [9.17, 15) is 22.0 Å². The minimum Gasteiger partial charge on any atom is -0.322 e. The minimum atomic E-state index is -3.73. The number of aryl methyl sites for hydroxylation is 1. The molecule has 2 rings (SSSR count). The zero-order valence-corrected chi connectivity index (χ0v) is 15.0. The highest BCUT2D eigenvalue weighted by atomic mass is 32.2. The van der Waals surface area contributed by atoms with Gasteiger partial charge in [-0.25, -0.2) is 21.5 Å². The average Bonchev–Trinajstić information content (AvgIpc) is 2.52. The Morgan fingerprint density at radius 2 is 1.68 bits per heavy atom. The van der Waals surface area contributed by atoms with E-state index in [2.05, 4.69) is 5.32 Å². The van der Waals surface area contributed by atoms with Gasteiger partial charge < -0.3 is 5.32 Å². The summed E-state index contributed by atoms with van der Waals surface area (Å²) >= 11 is 0. The van der Waals surface area contributed by atoms with Gasteiger partial charge in [-0.05, 0) is 49.2 Å². The fraction of sp³-hybridized carbons (Fsp3) is 0.235. The van der Waals surface area contributed by atoms with Crippen molar-refractivity contribution < 1.29 is 22.0 Å². The zero-order chi connectivity index (χ0) is 18.9. The third-order valence-corrected chi connectivity index (χ3v) is 5.76. The van der Waals surface area contributed by atoms with Crippen molar-refractivity contribution in [1.82, 2.24) is 4.31 Å². The van der Waals surface area contributed by atoms with Crippen LogP contribution in [0.2, 0.25) is 0 Å². The van der Waals surface area contributed by atoms with Crippen molar-refractivity contribution in [2.24, 2.45) is 0 Å². The number of halogens is 2. The molecule has 0 spiro atoms. The van der Waals surface area contributed by atoms with Crippen LogP contribution in [0.25, 0.3) is 0 Å². The Kier molecular flexibility index (Phi) is 5.24. The summed E-state index contributed by atoms with van der Waals surface area (Å²) in [6, 6.07) is 5.78. The molecule has 0 saturated heterocycles. The molecule has 0 radical (unpaired) electrons. The number of amides is 1. The van der Waals surface area contributed by atoms with Gasteiger partial charge in [-0.1, -0.05) is 0 Å². The number of nitrogens with zero attached hydrogens (tertiary/aromatic N) is 1. The molecule has 0 bridgehead atoms. The summed E-state index contributed by atoms with van der Waals surface area (Å²) in [6.45, 7) is 3.35. The molecule has 134 valence electrons. The molecule has 0 saturated carbocycles. The summed E-state index contributed by atoms with van der Waals surface area (Å²) in [5.74, 6) is -2.73. The molecule has 0 aliphatic carbocycles. The van der Waals surface area contributed by atoms with E-state index in [0.717, 1.165) is 16.4 Å². The van der Waals surface area contributed by atoms with E-state index >= 15 is 0 Å². The predicted octanol–water partition coefficient (Wildman–Crippen LogP) is 3.08. The van der Waals surface area contributed by atoms with Gasteiger partial charge in [0.1, 0.15) is 0 Å². The van der Waals surface area contributed by atoms with Crippen molar-refractivity contribution in [3.63, 3.8) is 0 Å². The fourth-order valence-corrected chi connectivity index (χ4v) is 3.42. The smallest absolute Gasteiger partial charge is 0.255 e. The van der Waals surface area contributed by atoms with E-state index in [1.807, 2.05) is 0 Å². The third-order valence-electron chi connectivity index (χ3n) is 3.82. The van der Waals surface area contributed by atoms with E-state index in [4.69, 9.17) is 0 Å². The van der Waals surface area contributed by atoms with Crippen LogP contribution in [-0.4, -0.2) is 32.7 Å². The van der Waals surface area contributed by atoms with Crippen LogP contribution in [0.15, 0.2) is 35.2 Å². The molecule has 2 aromatic rings. The number of hydrogen-bond acceptors (Lipinski definition) is 3. The Balaban J connectivity index is 2.44. The second-order valence-corrected chi connectivity index (χ2v) is 7.91. The van der Waals surface area contributed by atoms with Crippen LogP contribution in [0, 0.1) is 25.5 Å². The predicted molar refractivity (Wildman–Crippen MR) is 91.1 cm³/mol. The second kappa shape index (κ2) is 6.89. The molecule has 0 aromatic heterocycles. The maximum Gasteiger partial charge on any atom is 0.255 e. The monoisotopic (exact) mass is 368 g/mol. The van der Waals surface area contributed by atoms with Crippen LogP contribution >= 0.6 is 0 Å². The van der Waals surface area contributed by atoms with Gasteiger partial charge in [0.05, 0.1) is 4.90 Å². The molecule has 0 atom stereocenters. The lowest BCUT2D eigenvalue weighted by Gasteiger charge is -2.16. The highest BCUT2D eigenvalue weighted by molar-refractivity contribution is 7.89. The molecule has 0 aliphatic rings. The number of anilines is 1. The first kappa shape index (κ1) is 19.0. The van der Waals surface area contributed by atoms with E-state index in [1.54, 1.807) is 19.9 Å². The number of sulfonamides is 1. The van der Waals surface area contributed by atoms with Gasteiger partial charge in [-0.3, -0.25) is 4.79 Å². The summed E-state index contributed by atoms with van der Waals surface area (Å²) in [4.78, 5) is 12.4. The zero-order valence-electron chi connectivity index (χ0n) is 14.2. The molecule has 0 fully saturated rings. The molecule has 1 amide bonds. The molecule has 2 aromatic carbocycles. The third kappa shape index (κ3) is 3.85. The molecule has 25 heavy (non-hydrogen) atoms. The van der Waals surface area contributed by atoms with Gasteiger partial charge in [0.25, 0.3) is 5.91 Å². The van der Waals surface area contributed by atoms with Gasteiger partial charge in [-0.2, -0.15) is 0 Å². The molecule has 0 unspecified atom stereocenters. The lowest BCUT2D eigenvalue weighted by Crippen LogP contribution is -2.24. The van der Waals surface area contributed by atoms with Crippen molar-refractivity contribution in [1.29, 1.82) is 0 Å². The SMILES string of the molecule is Cc1cc(C(=O)Nc2ccc(F)c(F)c2)cc(S(=O)(=O)N(C)C)c1C. The van der Waals surface area contributed by atoms with E-state index in [1.165, 1.54) is 26.2 Å². The quantitative estimate of drug-likeness (QED) is 0.902. The lowest BCUT2D eigenvalue weighted by atomic mass is 10.1. The molecule has 0 aliphatic heterocycles. The number of benzene rings is 2. The van der Waals surface area contributed by atoms with Crippen LogP contribution in [-0.2, 0) is 10.0 Å². The van der Waals surface area contributed by atoms with Gasteiger partial charge in [0, 0.05) is 31.4 Å². The summed E-state index contributed by atoms with van der Waals surface area (Å²) in [6.07, 6.45) is 0. The Labute approximate surface area is 145 Å². The van der Waals surface area contributed by atoms with E-state index in [-0.39, 0.29) is 16.1 Å². The molecular weight excluding hydrogens is 350 g/mol. The standard InChI is InChI=1S/C17H18F2N2O3S/c1-10-7-12(8-16(11(10)2)25(23,24)21(3)4)17(22)20-13-5-6-14(18)15(19)9-13/h5-9H,1-4H3,(H,20,22). The Bertz CT molecular complexity index is 941. The fourth-order valence-electron chi connectivity index (χ4n) is 2.20. The summed E-state index contributed by atoms with van der Waals surface area (Å²) in [5, 5.41) is 2.43. The number of nitrogens with one attached hydrogen (secondary N) is 1. The van der Waals surface area contributed by atoms with E-state index < -0.39 is 27.6 Å². The van der Waals surface area contributed by atoms with Gasteiger partial charge in [0.15, 0.2) is 11.6 Å². The number of carbonyl (C=O) groups is 1. The normalized spacial score (nSPS) is 11.6. The summed E-state index contributed by atoms with van der Waals surface area (Å²) in [5.41, 5.74) is 1.34. The highest BCUT2D eigenvalue weighted by Gasteiger charge is 2.23. The first-order chi connectivity index (χ1) is 11.5. The number of rotatable bonds is 4. The van der Waals surface area contributed by atoms with Gasteiger partial charge >= 0.3 is 0 Å². The molecule has 5 nitrogen and oxygen atoms in total. The van der Waals surface area contributed by atoms with Gasteiger partial charge in [-0.15, -0.1) is 0 Å². The van der Waals surface area contributed by atoms with Crippen molar-refractivity contribution in [2.45, 2.75) is 18.7 Å². The average molecular weight is 368 g/mol. The molecule has 8 heteroatoms. The number of carbonyl (C=O) groups excluding carboxylic acids is 1. The Morgan fingerprint density at radius 1 is 1.04 bits per heavy atom. The maximum absolute atomic E-state index is 13.2. The van der Waals surface area contributed by atoms with Crippen molar-refractivity contribution in [3.05, 3.63) is 58.7 Å². The summed E-state index contributed by atoms with van der Waals surface area (Å²) in [7, 11) is -0.926. The van der Waals surface area contributed by atoms with Crippen LogP contribution < -0.4 is 5.32 Å². The van der Waals surface area contributed by atoms with Crippen LogP contribution in [0.5, 0.6) is 0 Å².